The fourth-order valence-corrected chi connectivity index (χ4v) is 8.01. The van der Waals surface area contributed by atoms with E-state index < -0.39 is 10.0 Å². The quantitative estimate of drug-likeness (QED) is 0.617. The van der Waals surface area contributed by atoms with Crippen LogP contribution in [0.3, 0.4) is 0 Å². The number of nitrogens with one attached hydrogen (secondary N) is 1. The summed E-state index contributed by atoms with van der Waals surface area (Å²) in [4.78, 5) is 15.2. The van der Waals surface area contributed by atoms with Crippen molar-refractivity contribution in [2.24, 2.45) is 17.8 Å². The number of likely N-dealkylation sites (tertiary alicyclic amines) is 1. The maximum absolute atomic E-state index is 12.9. The van der Waals surface area contributed by atoms with Gasteiger partial charge in [-0.3, -0.25) is 4.79 Å². The largest absolute Gasteiger partial charge is 0.381 e. The summed E-state index contributed by atoms with van der Waals surface area (Å²) >= 11 is 1.29. The molecule has 7 nitrogen and oxygen atoms in total. The Morgan fingerprint density at radius 1 is 1.09 bits per heavy atom. The Kier molecular flexibility index (Phi) is 6.85. The Balaban J connectivity index is 1.17. The van der Waals surface area contributed by atoms with Gasteiger partial charge in [0.25, 0.3) is 10.0 Å². The van der Waals surface area contributed by atoms with E-state index in [1.165, 1.54) is 11.3 Å². The smallest absolute Gasteiger partial charge is 0.252 e. The average molecular weight is 490 g/mol. The molecule has 4 heterocycles. The van der Waals surface area contributed by atoms with Crippen LogP contribution in [0.15, 0.2) is 52.1 Å². The van der Waals surface area contributed by atoms with Gasteiger partial charge in [0.15, 0.2) is 0 Å². The van der Waals surface area contributed by atoms with Gasteiger partial charge >= 0.3 is 0 Å². The third-order valence-electron chi connectivity index (χ3n) is 7.17. The van der Waals surface area contributed by atoms with Crippen LogP contribution >= 0.6 is 11.3 Å². The summed E-state index contributed by atoms with van der Waals surface area (Å²) in [5, 5.41) is 5.07. The summed E-state index contributed by atoms with van der Waals surface area (Å²) in [6.07, 6.45) is 1.62. The highest BCUT2D eigenvalue weighted by Crippen LogP contribution is 2.35. The van der Waals surface area contributed by atoms with Crippen molar-refractivity contribution in [3.63, 3.8) is 0 Å². The van der Waals surface area contributed by atoms with Crippen LogP contribution in [0.1, 0.15) is 24.4 Å². The first kappa shape index (κ1) is 23.0. The summed E-state index contributed by atoms with van der Waals surface area (Å²) in [5.41, 5.74) is 1.12. The van der Waals surface area contributed by atoms with Crippen molar-refractivity contribution in [2.75, 3.05) is 45.9 Å². The Morgan fingerprint density at radius 3 is 2.48 bits per heavy atom. The number of nitrogens with zero attached hydrogens (tertiary/aromatic N) is 2. The van der Waals surface area contributed by atoms with Crippen LogP contribution < -0.4 is 5.32 Å². The van der Waals surface area contributed by atoms with Gasteiger partial charge in [0.2, 0.25) is 5.91 Å². The lowest BCUT2D eigenvalue weighted by Gasteiger charge is -2.25. The Bertz CT molecular complexity index is 1020. The molecule has 0 bridgehead atoms. The van der Waals surface area contributed by atoms with Crippen molar-refractivity contribution in [1.82, 2.24) is 14.5 Å². The highest BCUT2D eigenvalue weighted by Gasteiger charge is 2.44. The van der Waals surface area contributed by atoms with Gasteiger partial charge < -0.3 is 15.0 Å². The molecule has 0 radical (unpaired) electrons. The summed E-state index contributed by atoms with van der Waals surface area (Å²) in [5.74, 6) is 0.771. The van der Waals surface area contributed by atoms with E-state index in [2.05, 4.69) is 22.3 Å². The van der Waals surface area contributed by atoms with E-state index in [0.717, 1.165) is 38.0 Å². The van der Waals surface area contributed by atoms with Gasteiger partial charge in [-0.1, -0.05) is 36.4 Å². The number of hydrogen-bond donors (Lipinski definition) is 1. The summed E-state index contributed by atoms with van der Waals surface area (Å²) in [6, 6.07) is 13.6. The first-order valence-corrected chi connectivity index (χ1v) is 14.0. The zero-order valence-electron chi connectivity index (χ0n) is 18.6. The van der Waals surface area contributed by atoms with Crippen LogP contribution in [0, 0.1) is 17.8 Å². The van der Waals surface area contributed by atoms with Crippen LogP contribution in [0.25, 0.3) is 0 Å². The highest BCUT2D eigenvalue weighted by atomic mass is 32.2. The van der Waals surface area contributed by atoms with E-state index in [9.17, 15) is 13.2 Å². The van der Waals surface area contributed by atoms with Crippen LogP contribution in [0.5, 0.6) is 0 Å². The third kappa shape index (κ3) is 5.02. The number of benzene rings is 1. The molecule has 3 fully saturated rings. The van der Waals surface area contributed by atoms with E-state index in [4.69, 9.17) is 4.74 Å². The predicted molar refractivity (Wildman–Crippen MR) is 127 cm³/mol. The van der Waals surface area contributed by atoms with Crippen LogP contribution in [0.4, 0.5) is 0 Å². The van der Waals surface area contributed by atoms with E-state index in [-0.39, 0.29) is 17.9 Å². The third-order valence-corrected chi connectivity index (χ3v) is 10.4. The molecule has 3 saturated heterocycles. The van der Waals surface area contributed by atoms with Gasteiger partial charge in [-0.25, -0.2) is 8.42 Å². The summed E-state index contributed by atoms with van der Waals surface area (Å²) < 4.78 is 33.2. The number of carbonyl (C=O) groups is 1. The molecule has 3 aliphatic rings. The molecule has 33 heavy (non-hydrogen) atoms. The predicted octanol–water partition coefficient (Wildman–Crippen LogP) is 2.58. The molecule has 1 aromatic heterocycles. The molecule has 0 saturated carbocycles. The molecule has 3 aliphatic heterocycles. The molecule has 178 valence electrons. The molecular weight excluding hydrogens is 458 g/mol. The van der Waals surface area contributed by atoms with Crippen LogP contribution in [0.2, 0.25) is 0 Å². The normalized spacial score (nSPS) is 27.0. The van der Waals surface area contributed by atoms with Crippen molar-refractivity contribution in [1.29, 1.82) is 0 Å². The standard InChI is InChI=1S/C24H31N3O4S2/c28-24(19-9-11-31-17-19)25-22(18-5-2-1-3-6-18)8-10-26-13-20-15-27(16-21(20)14-26)33(29,30)23-7-4-12-32-23/h1-7,12,19-22H,8-11,13-17H2,(H,25,28)/t19?,20?,21?,22-/m0/s1. The minimum atomic E-state index is -3.36. The number of thiophene rings is 1. The maximum Gasteiger partial charge on any atom is 0.252 e. The van der Waals surface area contributed by atoms with E-state index in [1.54, 1.807) is 16.4 Å². The lowest BCUT2D eigenvalue weighted by atomic mass is 10.0. The number of sulfonamides is 1. The van der Waals surface area contributed by atoms with Gasteiger partial charge in [0, 0.05) is 39.3 Å². The second-order valence-electron chi connectivity index (χ2n) is 9.35. The molecule has 2 aromatic rings. The monoisotopic (exact) mass is 489 g/mol. The molecule has 5 rings (SSSR count). The van der Waals surface area contributed by atoms with Crippen LogP contribution in [-0.2, 0) is 19.6 Å². The van der Waals surface area contributed by atoms with Gasteiger partial charge in [-0.05, 0) is 41.7 Å². The molecule has 1 amide bonds. The van der Waals surface area contributed by atoms with Crippen molar-refractivity contribution in [3.8, 4) is 0 Å². The van der Waals surface area contributed by atoms with E-state index >= 15 is 0 Å². The number of rotatable bonds is 8. The highest BCUT2D eigenvalue weighted by molar-refractivity contribution is 7.91. The van der Waals surface area contributed by atoms with E-state index in [1.807, 2.05) is 23.6 Å². The summed E-state index contributed by atoms with van der Waals surface area (Å²) in [7, 11) is -3.36. The molecule has 1 N–H and O–H groups in total. The molecule has 9 heteroatoms. The van der Waals surface area contributed by atoms with Crippen molar-refractivity contribution < 1.29 is 17.9 Å². The lowest BCUT2D eigenvalue weighted by molar-refractivity contribution is -0.125. The van der Waals surface area contributed by atoms with Gasteiger partial charge in [0.05, 0.1) is 18.6 Å². The second-order valence-corrected chi connectivity index (χ2v) is 12.5. The first-order chi connectivity index (χ1) is 16.0. The van der Waals surface area contributed by atoms with Gasteiger partial charge in [-0.15, -0.1) is 11.3 Å². The number of fused-ring (bicyclic) bond motifs is 1. The van der Waals surface area contributed by atoms with Crippen molar-refractivity contribution >= 4 is 27.3 Å². The fraction of sp³-hybridized carbons (Fsp3) is 0.542. The van der Waals surface area contributed by atoms with Crippen molar-refractivity contribution in [3.05, 3.63) is 53.4 Å². The minimum Gasteiger partial charge on any atom is -0.381 e. The SMILES string of the molecule is O=C(N[C@@H](CCN1CC2CN(S(=O)(=O)c3cccs3)CC2C1)c1ccccc1)C1CCOC1. The number of hydrogen-bond acceptors (Lipinski definition) is 6. The van der Waals surface area contributed by atoms with Gasteiger partial charge in [0.1, 0.15) is 4.21 Å². The number of carbonyl (C=O) groups excluding carboxylic acids is 1. The summed E-state index contributed by atoms with van der Waals surface area (Å²) in [6.45, 7) is 5.06. The Hall–Kier alpha value is -1.78. The molecule has 1 aromatic carbocycles. The van der Waals surface area contributed by atoms with Crippen molar-refractivity contribution in [2.45, 2.75) is 23.1 Å². The molecule has 0 aliphatic carbocycles. The molecule has 4 atom stereocenters. The Morgan fingerprint density at radius 2 is 1.85 bits per heavy atom. The van der Waals surface area contributed by atoms with E-state index in [0.29, 0.717) is 42.3 Å². The zero-order valence-corrected chi connectivity index (χ0v) is 20.3. The van der Waals surface area contributed by atoms with Crippen LogP contribution in [-0.4, -0.2) is 69.5 Å². The first-order valence-electron chi connectivity index (χ1n) is 11.7. The molecular formula is C24H31N3O4S2. The number of ether oxygens (including phenoxy) is 1. The zero-order chi connectivity index (χ0) is 22.8. The molecule has 0 spiro atoms. The minimum absolute atomic E-state index is 0.0320. The second kappa shape index (κ2) is 9.84. The number of amides is 1. The Labute approximate surface area is 199 Å². The lowest BCUT2D eigenvalue weighted by Crippen LogP contribution is -2.37. The van der Waals surface area contributed by atoms with Gasteiger partial charge in [-0.2, -0.15) is 4.31 Å². The maximum atomic E-state index is 12.9. The fourth-order valence-electron chi connectivity index (χ4n) is 5.31. The molecule has 3 unspecified atom stereocenters. The average Bonchev–Trinajstić information content (AvgIpc) is 3.60. The topological polar surface area (TPSA) is 79.0 Å².